The fourth-order valence-corrected chi connectivity index (χ4v) is 2.09. The molecule has 6 heteroatoms. The third-order valence-electron chi connectivity index (χ3n) is 2.49. The van der Waals surface area contributed by atoms with E-state index in [1.54, 1.807) is 0 Å². The highest BCUT2D eigenvalue weighted by atomic mass is 79.9. The van der Waals surface area contributed by atoms with E-state index >= 15 is 0 Å². The summed E-state index contributed by atoms with van der Waals surface area (Å²) in [5.41, 5.74) is -0.222. The van der Waals surface area contributed by atoms with Crippen molar-refractivity contribution in [3.8, 4) is 0 Å². The minimum Gasteiger partial charge on any atom is -0.298 e. The molecule has 0 saturated heterocycles. The Kier molecular flexibility index (Phi) is 2.62. The van der Waals surface area contributed by atoms with Crippen molar-refractivity contribution in [2.24, 2.45) is 5.92 Å². The Bertz CT molecular complexity index is 424. The largest absolute Gasteiger partial charge is 0.298 e. The average Bonchev–Trinajstić information content (AvgIpc) is 2.10. The van der Waals surface area contributed by atoms with Crippen molar-refractivity contribution in [2.45, 2.75) is 25.3 Å². The molecule has 0 amide bonds. The van der Waals surface area contributed by atoms with Crippen LogP contribution in [0, 0.1) is 5.92 Å². The Morgan fingerprint density at radius 1 is 1.60 bits per heavy atom. The molecule has 1 aliphatic rings. The Hall–Kier alpha value is -0.780. The summed E-state index contributed by atoms with van der Waals surface area (Å²) in [6.07, 6.45) is 2.51. The molecular formula is C9H9BrF2N2O. The van der Waals surface area contributed by atoms with Crippen LogP contribution in [-0.2, 0) is 6.54 Å². The van der Waals surface area contributed by atoms with E-state index in [2.05, 4.69) is 20.9 Å². The molecule has 1 heterocycles. The lowest BCUT2D eigenvalue weighted by molar-refractivity contribution is -0.114. The van der Waals surface area contributed by atoms with E-state index in [1.807, 2.05) is 0 Å². The van der Waals surface area contributed by atoms with E-state index in [1.165, 1.54) is 17.1 Å². The second kappa shape index (κ2) is 3.66. The Labute approximate surface area is 93.3 Å². The minimum atomic E-state index is -2.53. The molecule has 0 spiro atoms. The van der Waals surface area contributed by atoms with Gasteiger partial charge in [0.2, 0.25) is 5.92 Å². The van der Waals surface area contributed by atoms with Crippen LogP contribution in [0.5, 0.6) is 0 Å². The highest BCUT2D eigenvalue weighted by Crippen LogP contribution is 2.42. The number of halogens is 3. The lowest BCUT2D eigenvalue weighted by Crippen LogP contribution is -2.39. The van der Waals surface area contributed by atoms with Crippen molar-refractivity contribution in [2.75, 3.05) is 0 Å². The van der Waals surface area contributed by atoms with Crippen molar-refractivity contribution >= 4 is 15.9 Å². The maximum absolute atomic E-state index is 12.6. The van der Waals surface area contributed by atoms with Crippen LogP contribution in [0.2, 0.25) is 0 Å². The second-order valence-electron chi connectivity index (χ2n) is 3.83. The predicted octanol–water partition coefficient (Wildman–Crippen LogP) is 2.05. The molecule has 1 aliphatic carbocycles. The maximum Gasteiger partial charge on any atom is 0.267 e. The number of hydrogen-bond acceptors (Lipinski definition) is 2. The average molecular weight is 279 g/mol. The van der Waals surface area contributed by atoms with E-state index in [4.69, 9.17) is 0 Å². The number of aromatic nitrogens is 2. The number of hydrogen-bond donors (Lipinski definition) is 0. The summed E-state index contributed by atoms with van der Waals surface area (Å²) in [6.45, 7) is 0.320. The van der Waals surface area contributed by atoms with Gasteiger partial charge < -0.3 is 0 Å². The van der Waals surface area contributed by atoms with Gasteiger partial charge >= 0.3 is 0 Å². The van der Waals surface area contributed by atoms with Gasteiger partial charge in [0, 0.05) is 25.6 Å². The molecular weight excluding hydrogens is 270 g/mol. The van der Waals surface area contributed by atoms with Crippen molar-refractivity contribution in [3.05, 3.63) is 27.4 Å². The van der Waals surface area contributed by atoms with Crippen LogP contribution < -0.4 is 5.56 Å². The van der Waals surface area contributed by atoms with E-state index in [9.17, 15) is 13.6 Å². The van der Waals surface area contributed by atoms with Crippen LogP contribution in [0.15, 0.2) is 21.8 Å². The normalized spacial score (nSPS) is 19.9. The van der Waals surface area contributed by atoms with E-state index in [-0.39, 0.29) is 24.3 Å². The molecule has 1 saturated carbocycles. The molecule has 1 aromatic heterocycles. The summed E-state index contributed by atoms with van der Waals surface area (Å²) in [5.74, 6) is -2.65. The van der Waals surface area contributed by atoms with Crippen LogP contribution in [0.25, 0.3) is 0 Å². The molecule has 0 N–H and O–H groups in total. The molecule has 1 fully saturated rings. The minimum absolute atomic E-state index is 0.117. The van der Waals surface area contributed by atoms with Crippen LogP contribution in [0.3, 0.4) is 0 Å². The van der Waals surface area contributed by atoms with Gasteiger partial charge in [0.05, 0.1) is 6.33 Å². The molecule has 0 unspecified atom stereocenters. The van der Waals surface area contributed by atoms with Crippen molar-refractivity contribution in [1.82, 2.24) is 9.55 Å². The SMILES string of the molecule is O=c1c(Br)cncn1CC1CC(F)(F)C1. The van der Waals surface area contributed by atoms with Crippen LogP contribution in [0.1, 0.15) is 12.8 Å². The lowest BCUT2D eigenvalue weighted by Gasteiger charge is -2.34. The van der Waals surface area contributed by atoms with Gasteiger partial charge in [-0.25, -0.2) is 13.8 Å². The van der Waals surface area contributed by atoms with Gasteiger partial charge in [0.25, 0.3) is 5.56 Å². The zero-order chi connectivity index (χ0) is 11.1. The summed E-state index contributed by atoms with van der Waals surface area (Å²) in [6, 6.07) is 0. The molecule has 0 aliphatic heterocycles. The molecule has 0 aromatic carbocycles. The Balaban J connectivity index is 2.07. The third-order valence-corrected chi connectivity index (χ3v) is 3.03. The number of alkyl halides is 2. The topological polar surface area (TPSA) is 34.9 Å². The lowest BCUT2D eigenvalue weighted by atomic mass is 9.81. The third kappa shape index (κ3) is 2.25. The van der Waals surface area contributed by atoms with Crippen molar-refractivity contribution < 1.29 is 8.78 Å². The fourth-order valence-electron chi connectivity index (χ4n) is 1.75. The summed E-state index contributed by atoms with van der Waals surface area (Å²) in [4.78, 5) is 15.3. The quantitative estimate of drug-likeness (QED) is 0.830. The molecule has 82 valence electrons. The number of nitrogens with zero attached hydrogens (tertiary/aromatic N) is 2. The first-order chi connectivity index (χ1) is 6.98. The van der Waals surface area contributed by atoms with Crippen LogP contribution in [-0.4, -0.2) is 15.5 Å². The number of rotatable bonds is 2. The van der Waals surface area contributed by atoms with E-state index < -0.39 is 5.92 Å². The molecule has 3 nitrogen and oxygen atoms in total. The predicted molar refractivity (Wildman–Crippen MR) is 53.9 cm³/mol. The van der Waals surface area contributed by atoms with Gasteiger partial charge in [-0.1, -0.05) is 0 Å². The maximum atomic E-state index is 12.6. The van der Waals surface area contributed by atoms with Crippen LogP contribution >= 0.6 is 15.9 Å². The van der Waals surface area contributed by atoms with Gasteiger partial charge in [-0.3, -0.25) is 9.36 Å². The summed E-state index contributed by atoms with van der Waals surface area (Å²) in [7, 11) is 0. The van der Waals surface area contributed by atoms with Gasteiger partial charge in [0.15, 0.2) is 0 Å². The van der Waals surface area contributed by atoms with Gasteiger partial charge in [-0.05, 0) is 21.8 Å². The summed E-state index contributed by atoms with van der Waals surface area (Å²) in [5, 5.41) is 0. The molecule has 0 radical (unpaired) electrons. The van der Waals surface area contributed by atoms with Gasteiger partial charge in [0.1, 0.15) is 4.47 Å². The first-order valence-electron chi connectivity index (χ1n) is 4.56. The molecule has 2 rings (SSSR count). The van der Waals surface area contributed by atoms with E-state index in [0.717, 1.165) is 0 Å². The van der Waals surface area contributed by atoms with E-state index in [0.29, 0.717) is 11.0 Å². The highest BCUT2D eigenvalue weighted by molar-refractivity contribution is 9.10. The smallest absolute Gasteiger partial charge is 0.267 e. The second-order valence-corrected chi connectivity index (χ2v) is 4.68. The zero-order valence-corrected chi connectivity index (χ0v) is 9.38. The molecule has 15 heavy (non-hydrogen) atoms. The summed E-state index contributed by atoms with van der Waals surface area (Å²) >= 11 is 3.05. The van der Waals surface area contributed by atoms with Crippen molar-refractivity contribution in [1.29, 1.82) is 0 Å². The first kappa shape index (κ1) is 10.7. The monoisotopic (exact) mass is 278 g/mol. The Morgan fingerprint density at radius 3 is 2.87 bits per heavy atom. The first-order valence-corrected chi connectivity index (χ1v) is 5.35. The molecule has 0 bridgehead atoms. The zero-order valence-electron chi connectivity index (χ0n) is 7.79. The van der Waals surface area contributed by atoms with Crippen molar-refractivity contribution in [3.63, 3.8) is 0 Å². The molecule has 0 atom stereocenters. The molecule has 1 aromatic rings. The van der Waals surface area contributed by atoms with Crippen LogP contribution in [0.4, 0.5) is 8.78 Å². The summed E-state index contributed by atoms with van der Waals surface area (Å²) < 4.78 is 26.8. The van der Waals surface area contributed by atoms with Gasteiger partial charge in [-0.2, -0.15) is 0 Å². The standard InChI is InChI=1S/C9H9BrF2N2O/c10-7-3-13-5-14(8(7)15)4-6-1-9(11,12)2-6/h3,5-6H,1-2,4H2. The fraction of sp³-hybridized carbons (Fsp3) is 0.556. The van der Waals surface area contributed by atoms with Gasteiger partial charge in [-0.15, -0.1) is 0 Å². The highest BCUT2D eigenvalue weighted by Gasteiger charge is 2.45. The Morgan fingerprint density at radius 2 is 2.27 bits per heavy atom.